The van der Waals surface area contributed by atoms with Crippen molar-refractivity contribution in [2.45, 2.75) is 18.9 Å². The molecule has 1 aliphatic rings. The highest BCUT2D eigenvalue weighted by atomic mass is 19.1. The Morgan fingerprint density at radius 1 is 1.50 bits per heavy atom. The van der Waals surface area contributed by atoms with Gasteiger partial charge in [-0.3, -0.25) is 4.79 Å². The maximum Gasteiger partial charge on any atom is 0.226 e. The number of ether oxygens (including phenoxy) is 1. The molecule has 0 spiro atoms. The minimum absolute atomic E-state index is 0.0132. The molecule has 2 N–H and O–H groups in total. The van der Waals surface area contributed by atoms with Gasteiger partial charge in [0.05, 0.1) is 13.0 Å². The van der Waals surface area contributed by atoms with Gasteiger partial charge in [-0.1, -0.05) is 12.1 Å². The second kappa shape index (κ2) is 5.82. The Morgan fingerprint density at radius 2 is 2.28 bits per heavy atom. The van der Waals surface area contributed by atoms with Gasteiger partial charge in [-0.05, 0) is 18.6 Å². The molecule has 1 unspecified atom stereocenters. The van der Waals surface area contributed by atoms with E-state index in [0.29, 0.717) is 13.1 Å². The molecule has 1 atom stereocenters. The highest BCUT2D eigenvalue weighted by molar-refractivity contribution is 5.76. The molecular formula is C13H17FN2O2. The molecule has 98 valence electrons. The number of para-hydroxylation sites is 1. The number of carbonyl (C=O) groups excluding carboxylic acids is 1. The van der Waals surface area contributed by atoms with Crippen molar-refractivity contribution >= 4 is 5.91 Å². The second-order valence-corrected chi connectivity index (χ2v) is 4.42. The monoisotopic (exact) mass is 252 g/mol. The molecule has 0 radical (unpaired) electrons. The van der Waals surface area contributed by atoms with Crippen molar-refractivity contribution in [3.63, 3.8) is 0 Å². The molecule has 4 nitrogen and oxygen atoms in total. The van der Waals surface area contributed by atoms with Gasteiger partial charge in [0, 0.05) is 19.1 Å². The largest absolute Gasteiger partial charge is 0.490 e. The van der Waals surface area contributed by atoms with E-state index in [4.69, 9.17) is 10.5 Å². The van der Waals surface area contributed by atoms with Gasteiger partial charge in [0.2, 0.25) is 5.91 Å². The van der Waals surface area contributed by atoms with Crippen molar-refractivity contribution in [3.8, 4) is 5.75 Å². The lowest BCUT2D eigenvalue weighted by Crippen LogP contribution is -2.32. The molecule has 1 aliphatic heterocycles. The number of benzene rings is 1. The Morgan fingerprint density at radius 3 is 2.94 bits per heavy atom. The Hall–Kier alpha value is -1.62. The smallest absolute Gasteiger partial charge is 0.226 e. The van der Waals surface area contributed by atoms with Gasteiger partial charge < -0.3 is 15.4 Å². The van der Waals surface area contributed by atoms with E-state index in [1.165, 1.54) is 6.07 Å². The first kappa shape index (κ1) is 12.8. The summed E-state index contributed by atoms with van der Waals surface area (Å²) in [6.45, 7) is 1.50. The van der Waals surface area contributed by atoms with Crippen molar-refractivity contribution < 1.29 is 13.9 Å². The average molecular weight is 252 g/mol. The van der Waals surface area contributed by atoms with Crippen LogP contribution in [-0.2, 0) is 4.79 Å². The molecule has 1 amide bonds. The van der Waals surface area contributed by atoms with Crippen LogP contribution in [0.2, 0.25) is 0 Å². The third-order valence-corrected chi connectivity index (χ3v) is 2.99. The Balaban J connectivity index is 1.75. The van der Waals surface area contributed by atoms with Gasteiger partial charge in [0.25, 0.3) is 0 Å². The van der Waals surface area contributed by atoms with Crippen LogP contribution in [0.4, 0.5) is 4.39 Å². The van der Waals surface area contributed by atoms with Crippen molar-refractivity contribution in [1.82, 2.24) is 4.90 Å². The standard InChI is InChI=1S/C13H17FN2O2/c14-11-3-1-2-4-12(11)18-8-6-13(17)16-7-5-10(15)9-16/h1-4,10H,5-9,15H2. The van der Waals surface area contributed by atoms with Gasteiger partial charge in [-0.2, -0.15) is 0 Å². The van der Waals surface area contributed by atoms with E-state index in [0.717, 1.165) is 6.42 Å². The second-order valence-electron chi connectivity index (χ2n) is 4.42. The first-order valence-electron chi connectivity index (χ1n) is 6.07. The number of amides is 1. The average Bonchev–Trinajstić information content (AvgIpc) is 2.78. The maximum atomic E-state index is 13.2. The van der Waals surface area contributed by atoms with Crippen LogP contribution in [0.25, 0.3) is 0 Å². The van der Waals surface area contributed by atoms with Crippen LogP contribution in [-0.4, -0.2) is 36.5 Å². The molecule has 0 aliphatic carbocycles. The highest BCUT2D eigenvalue weighted by Gasteiger charge is 2.23. The van der Waals surface area contributed by atoms with Crippen molar-refractivity contribution in [2.24, 2.45) is 5.73 Å². The number of hydrogen-bond donors (Lipinski definition) is 1. The number of likely N-dealkylation sites (tertiary alicyclic amines) is 1. The third kappa shape index (κ3) is 3.20. The molecule has 2 rings (SSSR count). The molecule has 0 saturated carbocycles. The zero-order valence-corrected chi connectivity index (χ0v) is 10.1. The SMILES string of the molecule is NC1CCN(C(=O)CCOc2ccccc2F)C1. The van der Waals surface area contributed by atoms with E-state index >= 15 is 0 Å². The molecule has 1 aromatic carbocycles. The van der Waals surface area contributed by atoms with Crippen LogP contribution in [0, 0.1) is 5.82 Å². The van der Waals surface area contributed by atoms with E-state index in [1.54, 1.807) is 23.1 Å². The third-order valence-electron chi connectivity index (χ3n) is 2.99. The van der Waals surface area contributed by atoms with E-state index in [1.807, 2.05) is 0 Å². The fraction of sp³-hybridized carbons (Fsp3) is 0.462. The maximum absolute atomic E-state index is 13.2. The fourth-order valence-corrected chi connectivity index (χ4v) is 1.98. The minimum Gasteiger partial charge on any atom is -0.490 e. The van der Waals surface area contributed by atoms with Gasteiger partial charge in [0.15, 0.2) is 11.6 Å². The number of nitrogens with zero attached hydrogens (tertiary/aromatic N) is 1. The molecule has 1 aromatic rings. The lowest BCUT2D eigenvalue weighted by molar-refractivity contribution is -0.130. The van der Waals surface area contributed by atoms with E-state index in [2.05, 4.69) is 0 Å². The summed E-state index contributed by atoms with van der Waals surface area (Å²) in [5.41, 5.74) is 5.73. The zero-order valence-electron chi connectivity index (χ0n) is 10.1. The summed E-state index contributed by atoms with van der Waals surface area (Å²) in [5.74, 6) is -0.212. The summed E-state index contributed by atoms with van der Waals surface area (Å²) < 4.78 is 18.5. The summed E-state index contributed by atoms with van der Waals surface area (Å²) >= 11 is 0. The number of rotatable bonds is 4. The Kier molecular flexibility index (Phi) is 4.15. The summed E-state index contributed by atoms with van der Waals surface area (Å²) in [5, 5.41) is 0. The Labute approximate surface area is 106 Å². The van der Waals surface area contributed by atoms with Gasteiger partial charge in [-0.25, -0.2) is 4.39 Å². The number of nitrogens with two attached hydrogens (primary N) is 1. The number of halogens is 1. The predicted molar refractivity (Wildman–Crippen MR) is 65.7 cm³/mol. The molecule has 1 heterocycles. The zero-order chi connectivity index (χ0) is 13.0. The minimum atomic E-state index is -0.409. The van der Waals surface area contributed by atoms with E-state index in [9.17, 15) is 9.18 Å². The molecule has 0 bridgehead atoms. The van der Waals surface area contributed by atoms with Crippen molar-refractivity contribution in [2.75, 3.05) is 19.7 Å². The van der Waals surface area contributed by atoms with Crippen LogP contribution in [0.5, 0.6) is 5.75 Å². The van der Waals surface area contributed by atoms with Crippen LogP contribution >= 0.6 is 0 Å². The lowest BCUT2D eigenvalue weighted by atomic mass is 10.3. The molecule has 0 aromatic heterocycles. The quantitative estimate of drug-likeness (QED) is 0.874. The van der Waals surface area contributed by atoms with Crippen LogP contribution in [0.1, 0.15) is 12.8 Å². The lowest BCUT2D eigenvalue weighted by Gasteiger charge is -2.15. The number of hydrogen-bond acceptors (Lipinski definition) is 3. The van der Waals surface area contributed by atoms with E-state index in [-0.39, 0.29) is 30.7 Å². The summed E-state index contributed by atoms with van der Waals surface area (Å²) in [6, 6.07) is 6.25. The normalized spacial score (nSPS) is 19.0. The first-order chi connectivity index (χ1) is 8.66. The summed E-state index contributed by atoms with van der Waals surface area (Å²) in [4.78, 5) is 13.5. The Bertz CT molecular complexity index is 425. The van der Waals surface area contributed by atoms with Gasteiger partial charge in [0.1, 0.15) is 0 Å². The molecule has 1 saturated heterocycles. The van der Waals surface area contributed by atoms with Crippen LogP contribution in [0.15, 0.2) is 24.3 Å². The van der Waals surface area contributed by atoms with Crippen LogP contribution < -0.4 is 10.5 Å². The topological polar surface area (TPSA) is 55.6 Å². The molecule has 18 heavy (non-hydrogen) atoms. The molecular weight excluding hydrogens is 235 g/mol. The van der Waals surface area contributed by atoms with Gasteiger partial charge in [-0.15, -0.1) is 0 Å². The van der Waals surface area contributed by atoms with Crippen molar-refractivity contribution in [1.29, 1.82) is 0 Å². The van der Waals surface area contributed by atoms with E-state index < -0.39 is 5.82 Å². The molecule has 5 heteroatoms. The summed E-state index contributed by atoms with van der Waals surface area (Å²) in [6.07, 6.45) is 1.10. The van der Waals surface area contributed by atoms with Crippen molar-refractivity contribution in [3.05, 3.63) is 30.1 Å². The first-order valence-corrected chi connectivity index (χ1v) is 6.07. The highest BCUT2D eigenvalue weighted by Crippen LogP contribution is 2.16. The summed E-state index contributed by atoms with van der Waals surface area (Å²) in [7, 11) is 0. The molecule has 1 fully saturated rings. The van der Waals surface area contributed by atoms with Crippen LogP contribution in [0.3, 0.4) is 0 Å². The fourth-order valence-electron chi connectivity index (χ4n) is 1.98. The number of carbonyl (C=O) groups is 1. The predicted octanol–water partition coefficient (Wildman–Crippen LogP) is 1.15. The van der Waals surface area contributed by atoms with Gasteiger partial charge >= 0.3 is 0 Å².